The molecule has 0 unspecified atom stereocenters. The Bertz CT molecular complexity index is 1060. The van der Waals surface area contributed by atoms with Crippen LogP contribution in [0.2, 0.25) is 0 Å². The number of aryl methyl sites for hydroxylation is 1. The first-order valence-corrected chi connectivity index (χ1v) is 10.1. The molecule has 0 bridgehead atoms. The normalized spacial score (nSPS) is 10.7. The number of rotatable bonds is 8. The molecule has 0 aliphatic carbocycles. The number of nitrogens with one attached hydrogen (secondary N) is 1. The molecule has 0 saturated heterocycles. The number of thioether (sulfide) groups is 1. The summed E-state index contributed by atoms with van der Waals surface area (Å²) in [5.41, 5.74) is 1.43. The highest BCUT2D eigenvalue weighted by atomic mass is 32.2. The Morgan fingerprint density at radius 2 is 1.90 bits per heavy atom. The van der Waals surface area contributed by atoms with Crippen LogP contribution >= 0.6 is 11.8 Å². The summed E-state index contributed by atoms with van der Waals surface area (Å²) in [6.07, 6.45) is 1.30. The van der Waals surface area contributed by atoms with Crippen LogP contribution in [-0.2, 0) is 20.9 Å². The zero-order valence-corrected chi connectivity index (χ0v) is 16.8. The molecule has 1 aromatic heterocycles. The van der Waals surface area contributed by atoms with Crippen LogP contribution in [0.4, 0.5) is 0 Å². The van der Waals surface area contributed by atoms with Crippen LogP contribution in [0.15, 0.2) is 64.5 Å². The lowest BCUT2D eigenvalue weighted by Gasteiger charge is -2.08. The number of carbonyl (C=O) groups excluding carboxylic acids is 2. The highest BCUT2D eigenvalue weighted by molar-refractivity contribution is 7.99. The Morgan fingerprint density at radius 1 is 1.14 bits per heavy atom. The summed E-state index contributed by atoms with van der Waals surface area (Å²) in [6, 6.07) is 15.0. The first-order valence-electron chi connectivity index (χ1n) is 9.09. The molecular formula is C21H21N3O4S. The minimum absolute atomic E-state index is 0.298. The summed E-state index contributed by atoms with van der Waals surface area (Å²) in [4.78, 5) is 41.4. The minimum Gasteiger partial charge on any atom is -0.454 e. The van der Waals surface area contributed by atoms with Gasteiger partial charge in [-0.25, -0.2) is 4.98 Å². The van der Waals surface area contributed by atoms with Gasteiger partial charge in [-0.15, -0.1) is 11.8 Å². The van der Waals surface area contributed by atoms with Gasteiger partial charge in [-0.05, 0) is 31.2 Å². The molecule has 29 heavy (non-hydrogen) atoms. The quantitative estimate of drug-likeness (QED) is 0.347. The van der Waals surface area contributed by atoms with Crippen molar-refractivity contribution in [3.8, 4) is 0 Å². The lowest BCUT2D eigenvalue weighted by molar-refractivity contribution is -0.149. The molecule has 2 aromatic carbocycles. The number of aromatic nitrogens is 2. The maximum absolute atomic E-state index is 12.3. The highest BCUT2D eigenvalue weighted by Gasteiger charge is 2.11. The van der Waals surface area contributed by atoms with E-state index in [2.05, 4.69) is 10.3 Å². The zero-order valence-electron chi connectivity index (χ0n) is 16.0. The number of nitrogens with zero attached hydrogens (tertiary/aromatic N) is 2. The summed E-state index contributed by atoms with van der Waals surface area (Å²) < 4.78 is 6.13. The van der Waals surface area contributed by atoms with Gasteiger partial charge < -0.3 is 10.1 Å². The highest BCUT2D eigenvalue weighted by Crippen LogP contribution is 2.17. The van der Waals surface area contributed by atoms with Gasteiger partial charge >= 0.3 is 5.97 Å². The van der Waals surface area contributed by atoms with E-state index < -0.39 is 5.97 Å². The molecule has 0 fully saturated rings. The number of benzene rings is 2. The number of ether oxygens (including phenoxy) is 1. The number of hydrogen-bond acceptors (Lipinski definition) is 6. The second-order valence-corrected chi connectivity index (χ2v) is 7.54. The van der Waals surface area contributed by atoms with Crippen molar-refractivity contribution >= 4 is 34.5 Å². The van der Waals surface area contributed by atoms with E-state index in [9.17, 15) is 14.4 Å². The van der Waals surface area contributed by atoms with Crippen LogP contribution in [0.3, 0.4) is 0 Å². The molecule has 8 heteroatoms. The van der Waals surface area contributed by atoms with Crippen molar-refractivity contribution in [3.05, 3.63) is 70.8 Å². The number of fused-ring (bicyclic) bond motifs is 1. The molecule has 150 valence electrons. The van der Waals surface area contributed by atoms with E-state index in [-0.39, 0.29) is 24.6 Å². The Labute approximate surface area is 172 Å². The van der Waals surface area contributed by atoms with Crippen molar-refractivity contribution in [2.75, 3.05) is 18.9 Å². The van der Waals surface area contributed by atoms with Crippen LogP contribution in [-0.4, -0.2) is 40.3 Å². The molecule has 0 aliphatic rings. The summed E-state index contributed by atoms with van der Waals surface area (Å²) in [7, 11) is 0. The minimum atomic E-state index is -0.673. The van der Waals surface area contributed by atoms with Gasteiger partial charge in [0.2, 0.25) is 0 Å². The van der Waals surface area contributed by atoms with Crippen molar-refractivity contribution < 1.29 is 14.3 Å². The maximum Gasteiger partial charge on any atom is 0.326 e. The fraction of sp³-hybridized carbons (Fsp3) is 0.238. The molecule has 7 nitrogen and oxygen atoms in total. The molecule has 3 aromatic rings. The monoisotopic (exact) mass is 411 g/mol. The van der Waals surface area contributed by atoms with Gasteiger partial charge in [0.05, 0.1) is 17.2 Å². The smallest absolute Gasteiger partial charge is 0.326 e. The Hall–Kier alpha value is -3.13. The molecule has 0 radical (unpaired) electrons. The molecule has 3 rings (SSSR count). The summed E-state index contributed by atoms with van der Waals surface area (Å²) in [6.45, 7) is 1.81. The van der Waals surface area contributed by atoms with E-state index in [1.165, 1.54) is 16.5 Å². The standard InChI is InChI=1S/C21H21N3O4S/c1-15-6-8-16(9-7-15)29-11-10-22-19(25)13-28-20(26)12-24-14-23-18-5-3-2-4-17(18)21(24)27/h2-9,14H,10-13H2,1H3,(H,22,25). The summed E-state index contributed by atoms with van der Waals surface area (Å²) in [5, 5.41) is 3.12. The second-order valence-electron chi connectivity index (χ2n) is 6.37. The Morgan fingerprint density at radius 3 is 2.69 bits per heavy atom. The molecule has 1 N–H and O–H groups in total. The lowest BCUT2D eigenvalue weighted by atomic mass is 10.2. The molecule has 1 amide bonds. The van der Waals surface area contributed by atoms with E-state index in [0.717, 1.165) is 4.90 Å². The van der Waals surface area contributed by atoms with Crippen molar-refractivity contribution in [3.63, 3.8) is 0 Å². The van der Waals surface area contributed by atoms with Gasteiger partial charge in [0, 0.05) is 17.2 Å². The van der Waals surface area contributed by atoms with Gasteiger partial charge in [-0.2, -0.15) is 0 Å². The van der Waals surface area contributed by atoms with Crippen LogP contribution in [0.5, 0.6) is 0 Å². The van der Waals surface area contributed by atoms with Gasteiger partial charge in [0.1, 0.15) is 6.54 Å². The predicted molar refractivity (Wildman–Crippen MR) is 112 cm³/mol. The molecule has 1 heterocycles. The van der Waals surface area contributed by atoms with Gasteiger partial charge in [-0.1, -0.05) is 29.8 Å². The molecule has 0 spiro atoms. The first-order chi connectivity index (χ1) is 14.0. The maximum atomic E-state index is 12.3. The van der Waals surface area contributed by atoms with Crippen LogP contribution < -0.4 is 10.9 Å². The third-order valence-corrected chi connectivity index (χ3v) is 5.12. The van der Waals surface area contributed by atoms with Gasteiger partial charge in [0.25, 0.3) is 11.5 Å². The number of carbonyl (C=O) groups is 2. The van der Waals surface area contributed by atoms with E-state index in [0.29, 0.717) is 23.2 Å². The molecule has 0 saturated carbocycles. The zero-order chi connectivity index (χ0) is 20.6. The average Bonchev–Trinajstić information content (AvgIpc) is 2.73. The predicted octanol–water partition coefficient (Wildman–Crippen LogP) is 2.16. The summed E-state index contributed by atoms with van der Waals surface area (Å²) in [5.74, 6) is -0.346. The number of para-hydroxylation sites is 1. The Balaban J connectivity index is 1.40. The fourth-order valence-corrected chi connectivity index (χ4v) is 3.36. The van der Waals surface area contributed by atoms with Crippen molar-refractivity contribution in [2.45, 2.75) is 18.4 Å². The second kappa shape index (κ2) is 9.88. The molecular weight excluding hydrogens is 390 g/mol. The molecule has 0 aliphatic heterocycles. The number of esters is 1. The molecule has 0 atom stereocenters. The third-order valence-electron chi connectivity index (χ3n) is 4.11. The van der Waals surface area contributed by atoms with Gasteiger partial charge in [0.15, 0.2) is 6.61 Å². The number of hydrogen-bond donors (Lipinski definition) is 1. The van der Waals surface area contributed by atoms with Crippen molar-refractivity contribution in [2.24, 2.45) is 0 Å². The SMILES string of the molecule is Cc1ccc(SCCNC(=O)COC(=O)Cn2cnc3ccccc3c2=O)cc1. The van der Waals surface area contributed by atoms with E-state index >= 15 is 0 Å². The lowest BCUT2D eigenvalue weighted by Crippen LogP contribution is -2.32. The Kier molecular flexibility index (Phi) is 7.02. The van der Waals surface area contributed by atoms with Crippen LogP contribution in [0.1, 0.15) is 5.56 Å². The number of amides is 1. The summed E-state index contributed by atoms with van der Waals surface area (Å²) >= 11 is 1.63. The van der Waals surface area contributed by atoms with Crippen LogP contribution in [0, 0.1) is 6.92 Å². The van der Waals surface area contributed by atoms with E-state index in [4.69, 9.17) is 4.74 Å². The topological polar surface area (TPSA) is 90.3 Å². The largest absolute Gasteiger partial charge is 0.454 e. The third kappa shape index (κ3) is 5.92. The van der Waals surface area contributed by atoms with Crippen molar-refractivity contribution in [1.29, 1.82) is 0 Å². The van der Waals surface area contributed by atoms with E-state index in [1.807, 2.05) is 31.2 Å². The average molecular weight is 411 g/mol. The van der Waals surface area contributed by atoms with Crippen LogP contribution in [0.25, 0.3) is 10.9 Å². The van der Waals surface area contributed by atoms with Gasteiger partial charge in [-0.3, -0.25) is 19.0 Å². The fourth-order valence-electron chi connectivity index (χ4n) is 2.59. The van der Waals surface area contributed by atoms with E-state index in [1.54, 1.807) is 36.0 Å². The van der Waals surface area contributed by atoms with Crippen molar-refractivity contribution in [1.82, 2.24) is 14.9 Å². The first kappa shape index (κ1) is 20.6.